The van der Waals surface area contributed by atoms with Gasteiger partial charge in [0.15, 0.2) is 5.82 Å². The molecule has 0 aromatic carbocycles. The van der Waals surface area contributed by atoms with Crippen LogP contribution in [-0.4, -0.2) is 42.1 Å². The van der Waals surface area contributed by atoms with Gasteiger partial charge in [0.2, 0.25) is 0 Å². The van der Waals surface area contributed by atoms with Gasteiger partial charge in [-0.25, -0.2) is 0 Å². The lowest BCUT2D eigenvalue weighted by Gasteiger charge is -2.57. The number of rotatable bonds is 5. The lowest BCUT2D eigenvalue weighted by molar-refractivity contribution is -0.111. The van der Waals surface area contributed by atoms with Crippen LogP contribution in [0.4, 0.5) is 0 Å². The summed E-state index contributed by atoms with van der Waals surface area (Å²) in [7, 11) is 0. The van der Waals surface area contributed by atoms with E-state index in [1.807, 2.05) is 6.92 Å². The normalized spacial score (nSPS) is 46.9. The van der Waals surface area contributed by atoms with Gasteiger partial charge in [0, 0.05) is 0 Å². The number of aryl methyl sites for hydroxylation is 1. The summed E-state index contributed by atoms with van der Waals surface area (Å²) in [5.41, 5.74) is -0.191. The maximum Gasteiger partial charge on any atom is 0.171 e. The maximum atomic E-state index is 11.3. The molecule has 1 aromatic rings. The Morgan fingerprint density at radius 3 is 2.62 bits per heavy atom. The first-order valence-corrected chi connectivity index (χ1v) is 13.4. The molecule has 4 saturated carbocycles. The summed E-state index contributed by atoms with van der Waals surface area (Å²) < 4.78 is 0. The number of hydrogen-bond acceptors (Lipinski definition) is 5. The largest absolute Gasteiger partial charge is 0.393 e. The van der Waals surface area contributed by atoms with Crippen molar-refractivity contribution in [3.05, 3.63) is 5.82 Å². The minimum absolute atomic E-state index is 0.208. The average molecular weight is 445 g/mol. The zero-order chi connectivity index (χ0) is 22.7. The van der Waals surface area contributed by atoms with Crippen LogP contribution in [0.2, 0.25) is 0 Å². The first-order chi connectivity index (χ1) is 15.2. The summed E-state index contributed by atoms with van der Waals surface area (Å²) in [6, 6.07) is 0. The lowest BCUT2D eigenvalue weighted by atomic mass is 9.48. The Labute approximate surface area is 193 Å². The summed E-state index contributed by atoms with van der Waals surface area (Å²) in [5, 5.41) is 35.0. The molecule has 5 rings (SSSR count). The molecule has 6 heteroatoms. The highest BCUT2D eigenvalue weighted by molar-refractivity contribution is 5.10. The smallest absolute Gasteiger partial charge is 0.171 e. The van der Waals surface area contributed by atoms with Crippen LogP contribution in [-0.2, 0) is 6.54 Å². The molecule has 4 aliphatic carbocycles. The topological polar surface area (TPSA) is 84.1 Å². The molecule has 4 aliphatic rings. The molecular weight excluding hydrogens is 400 g/mol. The van der Waals surface area contributed by atoms with Crippen LogP contribution in [0.15, 0.2) is 0 Å². The third-order valence-corrected chi connectivity index (χ3v) is 10.5. The minimum Gasteiger partial charge on any atom is -0.393 e. The third-order valence-electron chi connectivity index (χ3n) is 10.5. The molecule has 6 nitrogen and oxygen atoms in total. The van der Waals surface area contributed by atoms with Gasteiger partial charge in [-0.05, 0) is 117 Å². The molecule has 180 valence electrons. The minimum atomic E-state index is -0.399. The van der Waals surface area contributed by atoms with Crippen molar-refractivity contribution in [3.8, 4) is 0 Å². The van der Waals surface area contributed by atoms with E-state index in [0.717, 1.165) is 56.4 Å². The number of nitrogens with zero attached hydrogens (tertiary/aromatic N) is 4. The molecule has 0 radical (unpaired) electrons. The van der Waals surface area contributed by atoms with Crippen LogP contribution < -0.4 is 0 Å². The van der Waals surface area contributed by atoms with Crippen molar-refractivity contribution < 1.29 is 10.2 Å². The Hall–Kier alpha value is -1.01. The van der Waals surface area contributed by atoms with Gasteiger partial charge in [0.1, 0.15) is 0 Å². The zero-order valence-corrected chi connectivity index (χ0v) is 20.6. The fourth-order valence-electron chi connectivity index (χ4n) is 9.51. The van der Waals surface area contributed by atoms with Crippen molar-refractivity contribution in [1.29, 1.82) is 0 Å². The fraction of sp³-hybridized carbons (Fsp3) is 0.962. The van der Waals surface area contributed by atoms with E-state index < -0.39 is 5.60 Å². The number of aliphatic hydroxyl groups is 2. The number of fused-ring (bicyclic) bond motifs is 5. The Balaban J connectivity index is 1.31. The second kappa shape index (κ2) is 8.33. The molecule has 0 unspecified atom stereocenters. The van der Waals surface area contributed by atoms with Crippen molar-refractivity contribution in [2.45, 2.75) is 110 Å². The summed E-state index contributed by atoms with van der Waals surface area (Å²) in [4.78, 5) is 1.72. The van der Waals surface area contributed by atoms with Gasteiger partial charge in [-0.3, -0.25) is 0 Å². The molecule has 0 bridgehead atoms. The number of aromatic nitrogens is 4. The highest BCUT2D eigenvalue weighted by Gasteiger charge is 2.61. The monoisotopic (exact) mass is 444 g/mol. The first-order valence-electron chi connectivity index (χ1n) is 13.4. The second-order valence-electron chi connectivity index (χ2n) is 12.4. The van der Waals surface area contributed by atoms with Crippen molar-refractivity contribution in [3.63, 3.8) is 0 Å². The molecule has 32 heavy (non-hydrogen) atoms. The van der Waals surface area contributed by atoms with E-state index in [-0.39, 0.29) is 11.5 Å². The SMILES string of the molecule is CCC[C@@]1(O)CC[C@H]2[C@H](CC[C@@H]3[C@@H]2CC[C@]2(C)[C@@H]([C@@H](C)Cn4nnc(C)n4)[C@@H](O)C[C@@H]32)C1. The van der Waals surface area contributed by atoms with Crippen molar-refractivity contribution >= 4 is 0 Å². The summed E-state index contributed by atoms with van der Waals surface area (Å²) in [6.07, 6.45) is 11.2. The summed E-state index contributed by atoms with van der Waals surface area (Å²) >= 11 is 0. The Kier molecular flexibility index (Phi) is 5.93. The quantitative estimate of drug-likeness (QED) is 0.704. The Morgan fingerprint density at radius 2 is 1.91 bits per heavy atom. The van der Waals surface area contributed by atoms with Gasteiger partial charge >= 0.3 is 0 Å². The summed E-state index contributed by atoms with van der Waals surface area (Å²) in [5.74, 6) is 5.05. The molecular formula is C26H44N4O2. The van der Waals surface area contributed by atoms with E-state index in [9.17, 15) is 10.2 Å². The zero-order valence-electron chi connectivity index (χ0n) is 20.6. The molecule has 4 fully saturated rings. The molecule has 1 aromatic heterocycles. The Morgan fingerprint density at radius 1 is 1.12 bits per heavy atom. The van der Waals surface area contributed by atoms with E-state index in [4.69, 9.17) is 0 Å². The third kappa shape index (κ3) is 3.73. The van der Waals surface area contributed by atoms with Crippen molar-refractivity contribution in [2.24, 2.45) is 46.8 Å². The van der Waals surface area contributed by atoms with Crippen LogP contribution >= 0.6 is 0 Å². The molecule has 1 heterocycles. The molecule has 2 N–H and O–H groups in total. The highest BCUT2D eigenvalue weighted by atomic mass is 16.3. The summed E-state index contributed by atoms with van der Waals surface area (Å²) in [6.45, 7) is 9.57. The molecule has 0 amide bonds. The Bertz CT molecular complexity index is 814. The van der Waals surface area contributed by atoms with Crippen LogP contribution in [0.3, 0.4) is 0 Å². The van der Waals surface area contributed by atoms with Gasteiger partial charge < -0.3 is 10.2 Å². The van der Waals surface area contributed by atoms with Gasteiger partial charge in [-0.2, -0.15) is 4.80 Å². The van der Waals surface area contributed by atoms with E-state index in [1.54, 1.807) is 4.80 Å². The van der Waals surface area contributed by atoms with E-state index in [2.05, 4.69) is 36.2 Å². The van der Waals surface area contributed by atoms with Crippen LogP contribution in [0.5, 0.6) is 0 Å². The van der Waals surface area contributed by atoms with Gasteiger partial charge in [0.05, 0.1) is 18.2 Å². The van der Waals surface area contributed by atoms with Crippen LogP contribution in [0.25, 0.3) is 0 Å². The van der Waals surface area contributed by atoms with E-state index >= 15 is 0 Å². The standard InChI is InChI=1S/C26H44N4O2/c1-5-10-26(32)12-9-19-18(14-26)6-7-21-20(19)8-11-25(4)22(21)13-23(31)24(25)16(2)15-30-28-17(3)27-29-30/h16,18-24,31-32H,5-15H2,1-4H3/t16-,18+,19-,20+,21+,22-,23-,24-,25-,26+/m0/s1. The highest BCUT2D eigenvalue weighted by Crippen LogP contribution is 2.65. The van der Waals surface area contributed by atoms with Gasteiger partial charge in [-0.1, -0.05) is 27.2 Å². The lowest BCUT2D eigenvalue weighted by Crippen LogP contribution is -2.51. The number of tetrazole rings is 1. The van der Waals surface area contributed by atoms with Crippen molar-refractivity contribution in [1.82, 2.24) is 20.2 Å². The average Bonchev–Trinajstić information content (AvgIpc) is 3.26. The van der Waals surface area contributed by atoms with Gasteiger partial charge in [-0.15, -0.1) is 10.2 Å². The van der Waals surface area contributed by atoms with Gasteiger partial charge in [0.25, 0.3) is 0 Å². The van der Waals surface area contributed by atoms with Crippen molar-refractivity contribution in [2.75, 3.05) is 0 Å². The number of aliphatic hydroxyl groups excluding tert-OH is 1. The van der Waals surface area contributed by atoms with Crippen LogP contribution in [0, 0.1) is 53.8 Å². The van der Waals surface area contributed by atoms with E-state index in [1.165, 1.54) is 32.1 Å². The van der Waals surface area contributed by atoms with Crippen LogP contribution in [0.1, 0.15) is 90.8 Å². The maximum absolute atomic E-state index is 11.3. The molecule has 0 saturated heterocycles. The number of hydrogen-bond donors (Lipinski definition) is 2. The molecule has 10 atom stereocenters. The predicted molar refractivity (Wildman–Crippen MR) is 124 cm³/mol. The fourth-order valence-corrected chi connectivity index (χ4v) is 9.51. The van der Waals surface area contributed by atoms with E-state index in [0.29, 0.717) is 29.5 Å². The predicted octanol–water partition coefficient (Wildman–Crippen LogP) is 4.39. The molecule has 0 aliphatic heterocycles. The second-order valence-corrected chi connectivity index (χ2v) is 12.4. The molecule has 0 spiro atoms. The first kappa shape index (κ1) is 22.8.